The van der Waals surface area contributed by atoms with Gasteiger partial charge in [0.25, 0.3) is 0 Å². The van der Waals surface area contributed by atoms with Crippen molar-refractivity contribution >= 4 is 16.8 Å². The van der Waals surface area contributed by atoms with Crippen molar-refractivity contribution in [2.24, 2.45) is 0 Å². The zero-order chi connectivity index (χ0) is 17.4. The second kappa shape index (κ2) is 6.33. The number of amides is 1. The molecular weight excluding hydrogens is 320 g/mol. The highest BCUT2D eigenvalue weighted by Gasteiger charge is 2.32. The average Bonchev–Trinajstić information content (AvgIpc) is 3.19. The number of rotatable bonds is 3. The maximum Gasteiger partial charge on any atom is 0.241 e. The van der Waals surface area contributed by atoms with E-state index in [2.05, 4.69) is 15.2 Å². The van der Waals surface area contributed by atoms with Gasteiger partial charge in [-0.15, -0.1) is 10.2 Å². The molecule has 1 amide bonds. The molecule has 2 aromatic heterocycles. The Morgan fingerprint density at radius 2 is 2.16 bits per heavy atom. The lowest BCUT2D eigenvalue weighted by atomic mass is 10.1. The Morgan fingerprint density at radius 3 is 2.96 bits per heavy atom. The second-order valence-corrected chi connectivity index (χ2v) is 6.29. The number of ether oxygens (including phenoxy) is 1. The van der Waals surface area contributed by atoms with Crippen LogP contribution in [0.1, 0.15) is 29.1 Å². The minimum Gasteiger partial charge on any atom is -0.423 e. The van der Waals surface area contributed by atoms with Gasteiger partial charge in [0, 0.05) is 30.1 Å². The predicted molar refractivity (Wildman–Crippen MR) is 91.0 cm³/mol. The molecule has 1 unspecified atom stereocenters. The first-order valence-electron chi connectivity index (χ1n) is 8.37. The number of H-pyrrole nitrogens is 1. The van der Waals surface area contributed by atoms with Crippen molar-refractivity contribution in [1.29, 1.82) is 0 Å². The lowest BCUT2D eigenvalue weighted by Gasteiger charge is -2.33. The van der Waals surface area contributed by atoms with E-state index >= 15 is 0 Å². The zero-order valence-electron chi connectivity index (χ0n) is 14.3. The van der Waals surface area contributed by atoms with Gasteiger partial charge in [-0.25, -0.2) is 0 Å². The van der Waals surface area contributed by atoms with Crippen molar-refractivity contribution in [2.75, 3.05) is 19.8 Å². The van der Waals surface area contributed by atoms with E-state index in [1.165, 1.54) is 0 Å². The number of fused-ring (bicyclic) bond motifs is 1. The van der Waals surface area contributed by atoms with E-state index in [1.54, 1.807) is 11.8 Å². The first-order valence-corrected chi connectivity index (χ1v) is 8.37. The molecule has 7 nitrogen and oxygen atoms in total. The number of aryl methyl sites for hydroxylation is 2. The standard InChI is InChI=1S/C18H20N4O3/c1-11-14(13-5-3-4-6-15(13)19-11)9-17(23)22-7-8-24-10-16(22)18-21-20-12(2)25-18/h3-6,16,19H,7-10H2,1-2H3. The Kier molecular flexibility index (Phi) is 4.01. The molecule has 25 heavy (non-hydrogen) atoms. The van der Waals surface area contributed by atoms with Gasteiger partial charge >= 0.3 is 0 Å². The van der Waals surface area contributed by atoms with Crippen molar-refractivity contribution in [2.45, 2.75) is 26.3 Å². The van der Waals surface area contributed by atoms with Crippen LogP contribution in [0.4, 0.5) is 0 Å². The third-order valence-electron chi connectivity index (χ3n) is 4.63. The van der Waals surface area contributed by atoms with Crippen molar-refractivity contribution in [1.82, 2.24) is 20.1 Å². The highest BCUT2D eigenvalue weighted by molar-refractivity contribution is 5.90. The number of nitrogens with one attached hydrogen (secondary N) is 1. The number of morpholine rings is 1. The van der Waals surface area contributed by atoms with Crippen LogP contribution < -0.4 is 0 Å². The first-order chi connectivity index (χ1) is 12.1. The van der Waals surface area contributed by atoms with Gasteiger partial charge in [-0.3, -0.25) is 4.79 Å². The van der Waals surface area contributed by atoms with Crippen LogP contribution in [0.2, 0.25) is 0 Å². The van der Waals surface area contributed by atoms with Crippen LogP contribution in [0.5, 0.6) is 0 Å². The molecule has 0 saturated carbocycles. The minimum absolute atomic E-state index is 0.0389. The summed E-state index contributed by atoms with van der Waals surface area (Å²) in [6.45, 7) is 5.15. The monoisotopic (exact) mass is 340 g/mol. The summed E-state index contributed by atoms with van der Waals surface area (Å²) >= 11 is 0. The van der Waals surface area contributed by atoms with Gasteiger partial charge in [0.1, 0.15) is 6.04 Å². The highest BCUT2D eigenvalue weighted by Crippen LogP contribution is 2.27. The highest BCUT2D eigenvalue weighted by atomic mass is 16.5. The number of benzene rings is 1. The molecule has 1 aliphatic rings. The number of hydrogen-bond acceptors (Lipinski definition) is 5. The summed E-state index contributed by atoms with van der Waals surface area (Å²) in [4.78, 5) is 18.2. The van der Waals surface area contributed by atoms with Crippen LogP contribution in [0.25, 0.3) is 10.9 Å². The van der Waals surface area contributed by atoms with Crippen LogP contribution in [0.3, 0.4) is 0 Å². The Morgan fingerprint density at radius 1 is 1.32 bits per heavy atom. The fraction of sp³-hybridized carbons (Fsp3) is 0.389. The van der Waals surface area contributed by atoms with Crippen LogP contribution in [0, 0.1) is 13.8 Å². The molecule has 4 rings (SSSR count). The number of nitrogens with zero attached hydrogens (tertiary/aromatic N) is 3. The number of aromatic amines is 1. The van der Waals surface area contributed by atoms with E-state index in [9.17, 15) is 4.79 Å². The quantitative estimate of drug-likeness (QED) is 0.791. The first kappa shape index (κ1) is 15.8. The van der Waals surface area contributed by atoms with E-state index < -0.39 is 0 Å². The maximum atomic E-state index is 13.0. The third-order valence-corrected chi connectivity index (χ3v) is 4.63. The topological polar surface area (TPSA) is 84.3 Å². The Hall–Kier alpha value is -2.67. The third kappa shape index (κ3) is 2.91. The van der Waals surface area contributed by atoms with Crippen molar-refractivity contribution < 1.29 is 13.9 Å². The molecule has 1 aliphatic heterocycles. The Labute approximate surface area is 145 Å². The number of carbonyl (C=O) groups excluding carboxylic acids is 1. The largest absolute Gasteiger partial charge is 0.423 e. The van der Waals surface area contributed by atoms with Crippen LogP contribution >= 0.6 is 0 Å². The molecule has 7 heteroatoms. The van der Waals surface area contributed by atoms with E-state index in [-0.39, 0.29) is 11.9 Å². The summed E-state index contributed by atoms with van der Waals surface area (Å²) in [5.41, 5.74) is 3.11. The fourth-order valence-electron chi connectivity index (χ4n) is 3.37. The zero-order valence-corrected chi connectivity index (χ0v) is 14.3. The fourth-order valence-corrected chi connectivity index (χ4v) is 3.37. The van der Waals surface area contributed by atoms with Crippen molar-refractivity contribution in [3.63, 3.8) is 0 Å². The van der Waals surface area contributed by atoms with E-state index in [1.807, 2.05) is 31.2 Å². The number of aromatic nitrogens is 3. The lowest BCUT2D eigenvalue weighted by molar-refractivity contribution is -0.140. The molecule has 1 N–H and O–H groups in total. The van der Waals surface area contributed by atoms with E-state index in [4.69, 9.17) is 9.15 Å². The predicted octanol–water partition coefficient (Wildman–Crippen LogP) is 2.31. The van der Waals surface area contributed by atoms with Gasteiger partial charge in [0.15, 0.2) is 0 Å². The summed E-state index contributed by atoms with van der Waals surface area (Å²) in [7, 11) is 0. The molecule has 1 fully saturated rings. The molecule has 1 saturated heterocycles. The van der Waals surface area contributed by atoms with Crippen LogP contribution in [0.15, 0.2) is 28.7 Å². The molecule has 130 valence electrons. The smallest absolute Gasteiger partial charge is 0.241 e. The number of carbonyl (C=O) groups is 1. The van der Waals surface area contributed by atoms with E-state index in [0.717, 1.165) is 22.2 Å². The number of hydrogen-bond donors (Lipinski definition) is 1. The van der Waals surface area contributed by atoms with Crippen LogP contribution in [-0.4, -0.2) is 45.7 Å². The Balaban J connectivity index is 1.61. The van der Waals surface area contributed by atoms with Crippen molar-refractivity contribution in [3.05, 3.63) is 47.3 Å². The van der Waals surface area contributed by atoms with Gasteiger partial charge in [-0.1, -0.05) is 18.2 Å². The molecule has 3 heterocycles. The molecule has 1 aromatic carbocycles. The molecule has 0 aliphatic carbocycles. The summed E-state index contributed by atoms with van der Waals surface area (Å²) in [6.07, 6.45) is 0.333. The average molecular weight is 340 g/mol. The summed E-state index contributed by atoms with van der Waals surface area (Å²) in [5, 5.41) is 9.03. The summed E-state index contributed by atoms with van der Waals surface area (Å²) in [6, 6.07) is 7.71. The minimum atomic E-state index is -0.326. The molecule has 0 radical (unpaired) electrons. The molecule has 0 spiro atoms. The van der Waals surface area contributed by atoms with Crippen LogP contribution in [-0.2, 0) is 16.0 Å². The molecular formula is C18H20N4O3. The van der Waals surface area contributed by atoms with Gasteiger partial charge in [-0.05, 0) is 18.6 Å². The van der Waals surface area contributed by atoms with Gasteiger partial charge in [-0.2, -0.15) is 0 Å². The summed E-state index contributed by atoms with van der Waals surface area (Å²) < 4.78 is 11.1. The van der Waals surface area contributed by atoms with Gasteiger partial charge < -0.3 is 19.0 Å². The SMILES string of the molecule is Cc1nnc(C2COCCN2C(=O)Cc2c(C)[nH]c3ccccc23)o1. The maximum absolute atomic E-state index is 13.0. The normalized spacial score (nSPS) is 18.0. The lowest BCUT2D eigenvalue weighted by Crippen LogP contribution is -2.44. The Bertz CT molecular complexity index is 914. The number of para-hydroxylation sites is 1. The molecule has 0 bridgehead atoms. The summed E-state index contributed by atoms with van der Waals surface area (Å²) in [5.74, 6) is 0.957. The van der Waals surface area contributed by atoms with Crippen molar-refractivity contribution in [3.8, 4) is 0 Å². The molecule has 3 aromatic rings. The van der Waals surface area contributed by atoms with E-state index in [0.29, 0.717) is 38.0 Å². The van der Waals surface area contributed by atoms with Gasteiger partial charge in [0.2, 0.25) is 17.7 Å². The van der Waals surface area contributed by atoms with Gasteiger partial charge in [0.05, 0.1) is 19.6 Å². The second-order valence-electron chi connectivity index (χ2n) is 6.29. The molecule has 1 atom stereocenters.